The van der Waals surface area contributed by atoms with Crippen LogP contribution in [0.1, 0.15) is 25.5 Å². The highest BCUT2D eigenvalue weighted by Crippen LogP contribution is 2.17. The lowest BCUT2D eigenvalue weighted by Crippen LogP contribution is -2.30. The van der Waals surface area contributed by atoms with Gasteiger partial charge in [0.2, 0.25) is 5.91 Å². The van der Waals surface area contributed by atoms with Gasteiger partial charge in [0.15, 0.2) is 0 Å². The van der Waals surface area contributed by atoms with E-state index in [-0.39, 0.29) is 18.5 Å². The fraction of sp³-hybridized carbons (Fsp3) is 0.333. The second-order valence-corrected chi connectivity index (χ2v) is 4.49. The summed E-state index contributed by atoms with van der Waals surface area (Å²) in [6, 6.07) is 9.50. The molecule has 0 fully saturated rings. The van der Waals surface area contributed by atoms with E-state index >= 15 is 0 Å². The van der Waals surface area contributed by atoms with Crippen LogP contribution in [0.4, 0.5) is 0 Å². The highest BCUT2D eigenvalue weighted by atomic mass is 16.5. The van der Waals surface area contributed by atoms with Gasteiger partial charge < -0.3 is 10.1 Å². The fourth-order valence-electron chi connectivity index (χ4n) is 1.93. The molecular formula is C15H19N3O2. The Labute approximate surface area is 118 Å². The van der Waals surface area contributed by atoms with Crippen LogP contribution in [0, 0.1) is 0 Å². The Hall–Kier alpha value is -2.30. The standard InChI is InChI=1S/C15H19N3O2/c1-3-20-14-7-5-13(6-8-14)12(2)17-15(19)11-18-10-4-9-16-18/h4-10,12H,3,11H2,1-2H3,(H,17,19). The van der Waals surface area contributed by atoms with Crippen molar-refractivity contribution in [2.75, 3.05) is 6.61 Å². The normalized spacial score (nSPS) is 11.9. The second kappa shape index (κ2) is 6.75. The Morgan fingerprint density at radius 3 is 2.75 bits per heavy atom. The first-order valence-corrected chi connectivity index (χ1v) is 6.68. The smallest absolute Gasteiger partial charge is 0.242 e. The molecule has 20 heavy (non-hydrogen) atoms. The summed E-state index contributed by atoms with van der Waals surface area (Å²) >= 11 is 0. The molecule has 0 aliphatic heterocycles. The van der Waals surface area contributed by atoms with Crippen LogP contribution >= 0.6 is 0 Å². The number of ether oxygens (including phenoxy) is 1. The molecule has 1 aromatic heterocycles. The molecule has 2 rings (SSSR count). The third-order valence-corrected chi connectivity index (χ3v) is 2.93. The summed E-state index contributed by atoms with van der Waals surface area (Å²) in [5.41, 5.74) is 1.04. The number of nitrogens with one attached hydrogen (secondary N) is 1. The molecule has 0 saturated carbocycles. The van der Waals surface area contributed by atoms with E-state index < -0.39 is 0 Å². The van der Waals surface area contributed by atoms with Crippen LogP contribution in [-0.2, 0) is 11.3 Å². The van der Waals surface area contributed by atoms with Crippen molar-refractivity contribution in [2.24, 2.45) is 0 Å². The zero-order chi connectivity index (χ0) is 14.4. The van der Waals surface area contributed by atoms with Gasteiger partial charge in [0.05, 0.1) is 12.6 Å². The van der Waals surface area contributed by atoms with E-state index in [1.165, 1.54) is 0 Å². The lowest BCUT2D eigenvalue weighted by molar-refractivity contribution is -0.122. The molecular weight excluding hydrogens is 254 g/mol. The average Bonchev–Trinajstić information content (AvgIpc) is 2.92. The predicted molar refractivity (Wildman–Crippen MR) is 76.4 cm³/mol. The SMILES string of the molecule is CCOc1ccc(C(C)NC(=O)Cn2cccn2)cc1. The van der Waals surface area contributed by atoms with Gasteiger partial charge >= 0.3 is 0 Å². The van der Waals surface area contributed by atoms with Crippen molar-refractivity contribution >= 4 is 5.91 Å². The van der Waals surface area contributed by atoms with E-state index in [1.807, 2.05) is 38.1 Å². The molecule has 2 aromatic rings. The van der Waals surface area contributed by atoms with E-state index in [0.717, 1.165) is 11.3 Å². The summed E-state index contributed by atoms with van der Waals surface area (Å²) < 4.78 is 6.99. The van der Waals surface area contributed by atoms with E-state index in [9.17, 15) is 4.79 Å². The van der Waals surface area contributed by atoms with Gasteiger partial charge in [-0.1, -0.05) is 12.1 Å². The van der Waals surface area contributed by atoms with Gasteiger partial charge in [-0.05, 0) is 37.6 Å². The van der Waals surface area contributed by atoms with Gasteiger partial charge in [0.25, 0.3) is 0 Å². The molecule has 0 saturated heterocycles. The molecule has 1 unspecified atom stereocenters. The third kappa shape index (κ3) is 3.85. The summed E-state index contributed by atoms with van der Waals surface area (Å²) in [5.74, 6) is 0.779. The van der Waals surface area contributed by atoms with Gasteiger partial charge in [0, 0.05) is 12.4 Å². The molecule has 0 radical (unpaired) electrons. The number of rotatable bonds is 6. The molecule has 1 atom stereocenters. The molecule has 5 heteroatoms. The predicted octanol–water partition coefficient (Wildman–Crippen LogP) is 2.16. The number of aromatic nitrogens is 2. The maximum atomic E-state index is 11.9. The highest BCUT2D eigenvalue weighted by Gasteiger charge is 2.10. The summed E-state index contributed by atoms with van der Waals surface area (Å²) in [7, 11) is 0. The molecule has 0 aliphatic carbocycles. The minimum Gasteiger partial charge on any atom is -0.494 e. The number of carbonyl (C=O) groups is 1. The lowest BCUT2D eigenvalue weighted by atomic mass is 10.1. The number of benzene rings is 1. The van der Waals surface area contributed by atoms with E-state index in [1.54, 1.807) is 23.1 Å². The van der Waals surface area contributed by atoms with Gasteiger partial charge in [-0.2, -0.15) is 5.10 Å². The van der Waals surface area contributed by atoms with Gasteiger partial charge in [-0.3, -0.25) is 9.48 Å². The van der Waals surface area contributed by atoms with Crippen LogP contribution in [0.5, 0.6) is 5.75 Å². The second-order valence-electron chi connectivity index (χ2n) is 4.49. The monoisotopic (exact) mass is 273 g/mol. The molecule has 1 aromatic carbocycles. The number of hydrogen-bond donors (Lipinski definition) is 1. The number of hydrogen-bond acceptors (Lipinski definition) is 3. The minimum atomic E-state index is -0.0601. The summed E-state index contributed by atoms with van der Waals surface area (Å²) in [6.07, 6.45) is 3.42. The Morgan fingerprint density at radius 1 is 1.40 bits per heavy atom. The van der Waals surface area contributed by atoms with Crippen LogP contribution in [0.25, 0.3) is 0 Å². The summed E-state index contributed by atoms with van der Waals surface area (Å²) in [5, 5.41) is 6.95. The Kier molecular flexibility index (Phi) is 4.76. The van der Waals surface area contributed by atoms with E-state index in [0.29, 0.717) is 6.61 Å². The van der Waals surface area contributed by atoms with Crippen molar-refractivity contribution in [2.45, 2.75) is 26.4 Å². The van der Waals surface area contributed by atoms with Gasteiger partial charge in [-0.15, -0.1) is 0 Å². The van der Waals surface area contributed by atoms with Crippen molar-refractivity contribution in [1.29, 1.82) is 0 Å². The molecule has 0 aliphatic rings. The maximum absolute atomic E-state index is 11.9. The summed E-state index contributed by atoms with van der Waals surface area (Å²) in [4.78, 5) is 11.9. The molecule has 1 N–H and O–H groups in total. The molecule has 1 amide bonds. The van der Waals surface area contributed by atoms with Crippen LogP contribution < -0.4 is 10.1 Å². The first-order valence-electron chi connectivity index (χ1n) is 6.68. The van der Waals surface area contributed by atoms with Crippen LogP contribution in [0.2, 0.25) is 0 Å². The quantitative estimate of drug-likeness (QED) is 0.877. The molecule has 5 nitrogen and oxygen atoms in total. The topological polar surface area (TPSA) is 56.1 Å². The summed E-state index contributed by atoms with van der Waals surface area (Å²) in [6.45, 7) is 4.78. The number of amides is 1. The maximum Gasteiger partial charge on any atom is 0.242 e. The van der Waals surface area contributed by atoms with Crippen LogP contribution in [0.15, 0.2) is 42.7 Å². The lowest BCUT2D eigenvalue weighted by Gasteiger charge is -2.15. The van der Waals surface area contributed by atoms with E-state index in [2.05, 4.69) is 10.4 Å². The van der Waals surface area contributed by atoms with Crippen molar-refractivity contribution in [3.05, 3.63) is 48.3 Å². The first-order chi connectivity index (χ1) is 9.69. The molecule has 0 bridgehead atoms. The average molecular weight is 273 g/mol. The number of carbonyl (C=O) groups excluding carboxylic acids is 1. The van der Waals surface area contributed by atoms with Crippen molar-refractivity contribution in [3.63, 3.8) is 0 Å². The molecule has 1 heterocycles. The van der Waals surface area contributed by atoms with Gasteiger partial charge in [0.1, 0.15) is 12.3 Å². The third-order valence-electron chi connectivity index (χ3n) is 2.93. The first kappa shape index (κ1) is 14.1. The van der Waals surface area contributed by atoms with Crippen LogP contribution in [0.3, 0.4) is 0 Å². The van der Waals surface area contributed by atoms with Gasteiger partial charge in [-0.25, -0.2) is 0 Å². The van der Waals surface area contributed by atoms with Crippen LogP contribution in [-0.4, -0.2) is 22.3 Å². The zero-order valence-electron chi connectivity index (χ0n) is 11.7. The molecule has 106 valence electrons. The Bertz CT molecular complexity index is 535. The van der Waals surface area contributed by atoms with Crippen molar-refractivity contribution in [1.82, 2.24) is 15.1 Å². The van der Waals surface area contributed by atoms with Crippen molar-refractivity contribution < 1.29 is 9.53 Å². The fourth-order valence-corrected chi connectivity index (χ4v) is 1.93. The Balaban J connectivity index is 1.90. The Morgan fingerprint density at radius 2 is 2.15 bits per heavy atom. The number of nitrogens with zero attached hydrogens (tertiary/aromatic N) is 2. The zero-order valence-corrected chi connectivity index (χ0v) is 11.7. The van der Waals surface area contributed by atoms with E-state index in [4.69, 9.17) is 4.74 Å². The highest BCUT2D eigenvalue weighted by molar-refractivity contribution is 5.76. The molecule has 0 spiro atoms. The minimum absolute atomic E-state index is 0.0475. The van der Waals surface area contributed by atoms with Crippen molar-refractivity contribution in [3.8, 4) is 5.75 Å². The largest absolute Gasteiger partial charge is 0.494 e.